The number of para-hydroxylation sites is 1. The number of halogens is 1. The lowest BCUT2D eigenvalue weighted by molar-refractivity contribution is 0.477. The normalized spacial score (nSPS) is 10.2. The second-order valence-electron chi connectivity index (χ2n) is 2.83. The lowest BCUT2D eigenvalue weighted by Gasteiger charge is -2.02. The molecule has 1 aromatic carbocycles. The third-order valence-electron chi connectivity index (χ3n) is 1.81. The maximum absolute atomic E-state index is 9.54. The van der Waals surface area contributed by atoms with Gasteiger partial charge in [0.25, 0.3) is 0 Å². The van der Waals surface area contributed by atoms with Gasteiger partial charge in [-0.1, -0.05) is 23.7 Å². The first-order valence-corrected chi connectivity index (χ1v) is 4.50. The van der Waals surface area contributed by atoms with E-state index in [9.17, 15) is 5.11 Å². The third kappa shape index (κ3) is 1.82. The topological polar surface area (TPSA) is 84.9 Å². The molecule has 1 heterocycles. The molecule has 0 amide bonds. The predicted molar refractivity (Wildman–Crippen MR) is 56.4 cm³/mol. The van der Waals surface area contributed by atoms with E-state index in [1.54, 1.807) is 18.2 Å². The maximum atomic E-state index is 9.54. The number of nitrogen functional groups attached to an aromatic ring is 1. The summed E-state index contributed by atoms with van der Waals surface area (Å²) in [5.41, 5.74) is 5.84. The standard InChI is InChI=1S/C9H7ClN4O/c10-7-8(11)13-14-9(12-7)5-3-1-2-4-6(5)15/h1-4,15H,(H2,11,13). The van der Waals surface area contributed by atoms with Gasteiger partial charge < -0.3 is 10.8 Å². The Balaban J connectivity index is 2.55. The number of nitrogens with zero attached hydrogens (tertiary/aromatic N) is 3. The molecule has 2 rings (SSSR count). The Morgan fingerprint density at radius 3 is 2.60 bits per heavy atom. The summed E-state index contributed by atoms with van der Waals surface area (Å²) in [5, 5.41) is 17.0. The van der Waals surface area contributed by atoms with Crippen molar-refractivity contribution < 1.29 is 5.11 Å². The molecule has 0 aliphatic carbocycles. The number of phenolic OH excluding ortho intramolecular Hbond substituents is 1. The van der Waals surface area contributed by atoms with Crippen molar-refractivity contribution in [3.05, 3.63) is 29.4 Å². The van der Waals surface area contributed by atoms with Gasteiger partial charge >= 0.3 is 0 Å². The molecule has 0 saturated carbocycles. The van der Waals surface area contributed by atoms with Crippen LogP contribution in [0.2, 0.25) is 5.15 Å². The van der Waals surface area contributed by atoms with Crippen LogP contribution in [0.25, 0.3) is 11.4 Å². The monoisotopic (exact) mass is 222 g/mol. The summed E-state index contributed by atoms with van der Waals surface area (Å²) in [4.78, 5) is 3.91. The van der Waals surface area contributed by atoms with Crippen LogP contribution in [0.5, 0.6) is 5.75 Å². The molecule has 0 unspecified atom stereocenters. The number of hydrogen-bond donors (Lipinski definition) is 2. The zero-order chi connectivity index (χ0) is 10.8. The van der Waals surface area contributed by atoms with E-state index in [0.29, 0.717) is 5.56 Å². The number of phenols is 1. The Kier molecular flexibility index (Phi) is 2.39. The Morgan fingerprint density at radius 1 is 1.20 bits per heavy atom. The van der Waals surface area contributed by atoms with Gasteiger partial charge in [-0.25, -0.2) is 4.98 Å². The van der Waals surface area contributed by atoms with Gasteiger partial charge in [0.1, 0.15) is 5.75 Å². The van der Waals surface area contributed by atoms with Crippen molar-refractivity contribution in [2.24, 2.45) is 0 Å². The molecule has 0 spiro atoms. The number of anilines is 1. The van der Waals surface area contributed by atoms with E-state index in [1.165, 1.54) is 6.07 Å². The van der Waals surface area contributed by atoms with E-state index in [-0.39, 0.29) is 22.5 Å². The van der Waals surface area contributed by atoms with Crippen molar-refractivity contribution in [3.8, 4) is 17.1 Å². The average Bonchev–Trinajstić information content (AvgIpc) is 2.23. The largest absolute Gasteiger partial charge is 0.507 e. The number of aromatic nitrogens is 3. The van der Waals surface area contributed by atoms with Crippen LogP contribution in [0.3, 0.4) is 0 Å². The molecule has 3 N–H and O–H groups in total. The van der Waals surface area contributed by atoms with Crippen LogP contribution in [-0.4, -0.2) is 20.3 Å². The predicted octanol–water partition coefficient (Wildman–Crippen LogP) is 1.48. The Hall–Kier alpha value is -1.88. The summed E-state index contributed by atoms with van der Waals surface area (Å²) in [6.45, 7) is 0. The zero-order valence-corrected chi connectivity index (χ0v) is 8.31. The molecule has 15 heavy (non-hydrogen) atoms. The minimum Gasteiger partial charge on any atom is -0.507 e. The molecule has 0 aliphatic heterocycles. The first kappa shape index (κ1) is 9.67. The Morgan fingerprint density at radius 2 is 1.93 bits per heavy atom. The van der Waals surface area contributed by atoms with Gasteiger partial charge in [-0.3, -0.25) is 0 Å². The molecule has 6 heteroatoms. The van der Waals surface area contributed by atoms with Crippen LogP contribution < -0.4 is 5.73 Å². The van der Waals surface area contributed by atoms with Crippen molar-refractivity contribution in [1.29, 1.82) is 0 Å². The maximum Gasteiger partial charge on any atom is 0.187 e. The van der Waals surface area contributed by atoms with Crippen LogP contribution in [0, 0.1) is 0 Å². The van der Waals surface area contributed by atoms with Gasteiger partial charge in [0.15, 0.2) is 16.8 Å². The Labute approximate surface area is 90.6 Å². The fraction of sp³-hybridized carbons (Fsp3) is 0. The molecule has 0 radical (unpaired) electrons. The van der Waals surface area contributed by atoms with E-state index in [1.807, 2.05) is 0 Å². The van der Waals surface area contributed by atoms with Gasteiger partial charge in [-0.05, 0) is 12.1 Å². The van der Waals surface area contributed by atoms with Gasteiger partial charge in [-0.15, -0.1) is 10.2 Å². The lowest BCUT2D eigenvalue weighted by Crippen LogP contribution is -1.99. The van der Waals surface area contributed by atoms with E-state index >= 15 is 0 Å². The first-order valence-electron chi connectivity index (χ1n) is 4.12. The zero-order valence-electron chi connectivity index (χ0n) is 7.55. The van der Waals surface area contributed by atoms with Crippen molar-refractivity contribution in [2.75, 3.05) is 5.73 Å². The molecule has 0 saturated heterocycles. The molecule has 0 bridgehead atoms. The summed E-state index contributed by atoms with van der Waals surface area (Å²) in [6.07, 6.45) is 0. The number of nitrogens with two attached hydrogens (primary N) is 1. The van der Waals surface area contributed by atoms with Gasteiger partial charge in [0, 0.05) is 0 Å². The smallest absolute Gasteiger partial charge is 0.187 e. The number of hydrogen-bond acceptors (Lipinski definition) is 5. The molecule has 0 aliphatic rings. The highest BCUT2D eigenvalue weighted by molar-refractivity contribution is 6.31. The van der Waals surface area contributed by atoms with Gasteiger partial charge in [0.05, 0.1) is 5.56 Å². The average molecular weight is 223 g/mol. The van der Waals surface area contributed by atoms with E-state index in [0.717, 1.165) is 0 Å². The van der Waals surface area contributed by atoms with Crippen LogP contribution in [-0.2, 0) is 0 Å². The summed E-state index contributed by atoms with van der Waals surface area (Å²) in [6, 6.07) is 6.65. The summed E-state index contributed by atoms with van der Waals surface area (Å²) >= 11 is 5.70. The third-order valence-corrected chi connectivity index (χ3v) is 2.09. The Bertz CT molecular complexity index is 503. The SMILES string of the molecule is Nc1nnc(-c2ccccc2O)nc1Cl. The summed E-state index contributed by atoms with van der Waals surface area (Å²) < 4.78 is 0. The second kappa shape index (κ2) is 3.70. The molecule has 2 aromatic rings. The summed E-state index contributed by atoms with van der Waals surface area (Å²) in [7, 11) is 0. The molecule has 76 valence electrons. The highest BCUT2D eigenvalue weighted by Crippen LogP contribution is 2.26. The molecular formula is C9H7ClN4O. The van der Waals surface area contributed by atoms with Crippen LogP contribution in [0.1, 0.15) is 0 Å². The fourth-order valence-corrected chi connectivity index (χ4v) is 1.21. The minimum absolute atomic E-state index is 0.0656. The van der Waals surface area contributed by atoms with Crippen LogP contribution in [0.15, 0.2) is 24.3 Å². The van der Waals surface area contributed by atoms with Gasteiger partial charge in [-0.2, -0.15) is 0 Å². The molecule has 5 nitrogen and oxygen atoms in total. The van der Waals surface area contributed by atoms with Crippen molar-refractivity contribution in [3.63, 3.8) is 0 Å². The van der Waals surface area contributed by atoms with Crippen LogP contribution in [0.4, 0.5) is 5.82 Å². The number of benzene rings is 1. The lowest BCUT2D eigenvalue weighted by atomic mass is 10.2. The quantitative estimate of drug-likeness (QED) is 0.764. The second-order valence-corrected chi connectivity index (χ2v) is 3.19. The van der Waals surface area contributed by atoms with Gasteiger partial charge in [0.2, 0.25) is 0 Å². The van der Waals surface area contributed by atoms with E-state index in [4.69, 9.17) is 17.3 Å². The van der Waals surface area contributed by atoms with E-state index in [2.05, 4.69) is 15.2 Å². The molecule has 0 fully saturated rings. The minimum atomic E-state index is 0.0656. The first-order chi connectivity index (χ1) is 7.18. The highest BCUT2D eigenvalue weighted by atomic mass is 35.5. The number of rotatable bonds is 1. The highest BCUT2D eigenvalue weighted by Gasteiger charge is 2.09. The molecular weight excluding hydrogens is 216 g/mol. The fourth-order valence-electron chi connectivity index (χ4n) is 1.09. The summed E-state index contributed by atoms with van der Waals surface area (Å²) in [5.74, 6) is 0.378. The van der Waals surface area contributed by atoms with Crippen molar-refractivity contribution >= 4 is 17.4 Å². The number of aromatic hydroxyl groups is 1. The van der Waals surface area contributed by atoms with Crippen molar-refractivity contribution in [2.45, 2.75) is 0 Å². The van der Waals surface area contributed by atoms with Crippen LogP contribution >= 0.6 is 11.6 Å². The molecule has 0 atom stereocenters. The van der Waals surface area contributed by atoms with E-state index < -0.39 is 0 Å². The molecule has 1 aromatic heterocycles. The van der Waals surface area contributed by atoms with Crippen molar-refractivity contribution in [1.82, 2.24) is 15.2 Å².